The van der Waals surface area contributed by atoms with Crippen molar-refractivity contribution in [1.82, 2.24) is 15.1 Å². The van der Waals surface area contributed by atoms with E-state index in [0.717, 1.165) is 27.2 Å². The molecule has 34 heavy (non-hydrogen) atoms. The predicted molar refractivity (Wildman–Crippen MR) is 120 cm³/mol. The average molecular weight is 462 g/mol. The van der Waals surface area contributed by atoms with E-state index >= 15 is 0 Å². The van der Waals surface area contributed by atoms with Gasteiger partial charge in [0, 0.05) is 24.9 Å². The summed E-state index contributed by atoms with van der Waals surface area (Å²) >= 11 is 0. The molecule has 0 saturated carbocycles. The zero-order valence-corrected chi connectivity index (χ0v) is 18.0. The molecular formula is C24H22N4O6. The second kappa shape index (κ2) is 8.64. The first kappa shape index (κ1) is 21.7. The number of ether oxygens (including phenoxy) is 1. The van der Waals surface area contributed by atoms with Crippen LogP contribution in [0.2, 0.25) is 0 Å². The van der Waals surface area contributed by atoms with E-state index in [1.165, 1.54) is 6.07 Å². The fraction of sp³-hybridized carbons (Fsp3) is 0.250. The largest absolute Gasteiger partial charge is 0.480 e. The minimum absolute atomic E-state index is 0.00528. The van der Waals surface area contributed by atoms with E-state index in [1.54, 1.807) is 0 Å². The van der Waals surface area contributed by atoms with Gasteiger partial charge in [0.1, 0.15) is 18.3 Å². The first-order chi connectivity index (χ1) is 16.4. The van der Waals surface area contributed by atoms with Crippen molar-refractivity contribution in [3.05, 3.63) is 71.4 Å². The van der Waals surface area contributed by atoms with Crippen LogP contribution in [0.3, 0.4) is 0 Å². The number of aromatic amines is 1. The Morgan fingerprint density at radius 1 is 1.09 bits per heavy atom. The van der Waals surface area contributed by atoms with E-state index in [0.29, 0.717) is 0 Å². The van der Waals surface area contributed by atoms with Crippen molar-refractivity contribution in [3.8, 4) is 11.1 Å². The van der Waals surface area contributed by atoms with Crippen LogP contribution in [0, 0.1) is 0 Å². The number of H-pyrrole nitrogens is 1. The number of aliphatic hydroxyl groups excluding tert-OH is 1. The highest BCUT2D eigenvalue weighted by Crippen LogP contribution is 2.44. The molecule has 2 aliphatic rings. The lowest BCUT2D eigenvalue weighted by Crippen LogP contribution is -2.40. The molecule has 174 valence electrons. The maximum absolute atomic E-state index is 12.7. The van der Waals surface area contributed by atoms with Crippen LogP contribution in [0.4, 0.5) is 10.6 Å². The Balaban J connectivity index is 1.23. The number of amides is 2. The van der Waals surface area contributed by atoms with Gasteiger partial charge in [0.15, 0.2) is 5.82 Å². The van der Waals surface area contributed by atoms with E-state index < -0.39 is 30.1 Å². The molecule has 2 amide bonds. The number of aliphatic hydroxyl groups is 1. The van der Waals surface area contributed by atoms with Crippen molar-refractivity contribution in [2.24, 2.45) is 0 Å². The van der Waals surface area contributed by atoms with Gasteiger partial charge in [-0.25, -0.2) is 9.59 Å². The van der Waals surface area contributed by atoms with E-state index in [2.05, 4.69) is 15.5 Å². The predicted octanol–water partition coefficient (Wildman–Crippen LogP) is 2.43. The van der Waals surface area contributed by atoms with Gasteiger partial charge in [-0.05, 0) is 22.3 Å². The van der Waals surface area contributed by atoms with Crippen molar-refractivity contribution in [1.29, 1.82) is 0 Å². The smallest absolute Gasteiger partial charge is 0.412 e. The standard InChI is InChI=1S/C24H22N4O6/c29-13-9-20(23(31)32)28(11-13)22(30)19-10-21(27-26-19)25-24(33)34-12-18-16-7-3-1-5-14(16)15-6-2-4-8-17(15)18/h1-8,10,13,18,20,29H,9,11-12H2,(H,31,32)(H2,25,26,27,33). The molecular weight excluding hydrogens is 440 g/mol. The second-order valence-electron chi connectivity index (χ2n) is 8.32. The number of carbonyl (C=O) groups is 3. The number of β-amino-alcohol motifs (C(OH)–C–C–N with tert-alkyl or cyclic N) is 1. The van der Waals surface area contributed by atoms with Crippen molar-refractivity contribution in [3.63, 3.8) is 0 Å². The molecule has 1 aromatic heterocycles. The number of hydrogen-bond acceptors (Lipinski definition) is 6. The lowest BCUT2D eigenvalue weighted by molar-refractivity contribution is -0.141. The fourth-order valence-electron chi connectivity index (χ4n) is 4.66. The highest BCUT2D eigenvalue weighted by atomic mass is 16.5. The summed E-state index contributed by atoms with van der Waals surface area (Å²) in [5.41, 5.74) is 4.41. The van der Waals surface area contributed by atoms with E-state index in [4.69, 9.17) is 4.74 Å². The van der Waals surface area contributed by atoms with Gasteiger partial charge in [0.25, 0.3) is 5.91 Å². The van der Waals surface area contributed by atoms with Crippen LogP contribution in [-0.2, 0) is 9.53 Å². The molecule has 1 fully saturated rings. The second-order valence-corrected chi connectivity index (χ2v) is 8.32. The average Bonchev–Trinajstić information content (AvgIpc) is 3.53. The van der Waals surface area contributed by atoms with Gasteiger partial charge in [0.05, 0.1) is 6.10 Å². The number of aliphatic carboxylic acids is 1. The molecule has 5 rings (SSSR count). The molecule has 2 heterocycles. The van der Waals surface area contributed by atoms with Crippen molar-refractivity contribution in [2.75, 3.05) is 18.5 Å². The Morgan fingerprint density at radius 3 is 2.38 bits per heavy atom. The summed E-state index contributed by atoms with van der Waals surface area (Å²) in [6.45, 7) is 0.0337. The number of rotatable bonds is 5. The molecule has 1 aliphatic heterocycles. The van der Waals surface area contributed by atoms with Gasteiger partial charge in [-0.1, -0.05) is 48.5 Å². The number of hydrogen-bond donors (Lipinski definition) is 4. The normalized spacial score (nSPS) is 18.9. The third-order valence-corrected chi connectivity index (χ3v) is 6.21. The number of carboxylic acid groups (broad SMARTS) is 1. The number of likely N-dealkylation sites (tertiary alicyclic amines) is 1. The van der Waals surface area contributed by atoms with Gasteiger partial charge in [-0.3, -0.25) is 15.2 Å². The minimum atomic E-state index is -1.19. The number of nitrogens with one attached hydrogen (secondary N) is 2. The van der Waals surface area contributed by atoms with Crippen LogP contribution in [0.1, 0.15) is 34.0 Å². The molecule has 4 N–H and O–H groups in total. The lowest BCUT2D eigenvalue weighted by Gasteiger charge is -2.19. The molecule has 0 spiro atoms. The van der Waals surface area contributed by atoms with E-state index in [9.17, 15) is 24.6 Å². The quantitative estimate of drug-likeness (QED) is 0.456. The number of aromatic nitrogens is 2. The summed E-state index contributed by atoms with van der Waals surface area (Å²) in [7, 11) is 0. The molecule has 2 aromatic carbocycles. The van der Waals surface area contributed by atoms with Crippen LogP contribution in [0.15, 0.2) is 54.6 Å². The SMILES string of the molecule is O=C(Nc1cc(C(=O)N2CC(O)CC2C(=O)O)[nH]n1)OCC1c2ccccc2-c2ccccc21. The number of nitrogens with zero attached hydrogens (tertiary/aromatic N) is 2. The first-order valence-electron chi connectivity index (χ1n) is 10.8. The summed E-state index contributed by atoms with van der Waals surface area (Å²) in [6, 6.07) is 16.2. The van der Waals surface area contributed by atoms with Crippen LogP contribution < -0.4 is 5.32 Å². The Labute approximate surface area is 194 Å². The minimum Gasteiger partial charge on any atom is -0.480 e. The summed E-state index contributed by atoms with van der Waals surface area (Å²) in [5.74, 6) is -1.85. The molecule has 2 atom stereocenters. The van der Waals surface area contributed by atoms with E-state index in [-0.39, 0.29) is 37.0 Å². The maximum Gasteiger partial charge on any atom is 0.412 e. The summed E-state index contributed by atoms with van der Waals surface area (Å²) in [5, 5.41) is 27.9. The third kappa shape index (κ3) is 3.88. The van der Waals surface area contributed by atoms with Gasteiger partial charge in [-0.2, -0.15) is 5.10 Å². The highest BCUT2D eigenvalue weighted by molar-refractivity contribution is 5.96. The Bertz CT molecular complexity index is 1230. The zero-order chi connectivity index (χ0) is 23.8. The van der Waals surface area contributed by atoms with Crippen molar-refractivity contribution in [2.45, 2.75) is 24.5 Å². The van der Waals surface area contributed by atoms with Gasteiger partial charge >= 0.3 is 12.1 Å². The fourth-order valence-corrected chi connectivity index (χ4v) is 4.66. The van der Waals surface area contributed by atoms with Gasteiger partial charge in [0.2, 0.25) is 0 Å². The summed E-state index contributed by atoms with van der Waals surface area (Å²) in [6.07, 6.45) is -1.68. The first-order valence-corrected chi connectivity index (χ1v) is 10.8. The highest BCUT2D eigenvalue weighted by Gasteiger charge is 2.39. The van der Waals surface area contributed by atoms with Gasteiger partial charge in [-0.15, -0.1) is 0 Å². The topological polar surface area (TPSA) is 145 Å². The van der Waals surface area contributed by atoms with E-state index in [1.807, 2.05) is 48.5 Å². The molecule has 10 nitrogen and oxygen atoms in total. The lowest BCUT2D eigenvalue weighted by atomic mass is 9.98. The van der Waals surface area contributed by atoms with Crippen molar-refractivity contribution < 1.29 is 29.3 Å². The van der Waals surface area contributed by atoms with Gasteiger partial charge < -0.3 is 19.8 Å². The van der Waals surface area contributed by atoms with Crippen LogP contribution in [-0.4, -0.2) is 68.6 Å². The molecule has 0 radical (unpaired) electrons. The molecule has 3 aromatic rings. The molecule has 10 heteroatoms. The molecule has 0 bridgehead atoms. The van der Waals surface area contributed by atoms with Crippen molar-refractivity contribution >= 4 is 23.8 Å². The van der Waals surface area contributed by atoms with Crippen LogP contribution in [0.5, 0.6) is 0 Å². The number of anilines is 1. The van der Waals surface area contributed by atoms with Crippen LogP contribution >= 0.6 is 0 Å². The summed E-state index contributed by atoms with van der Waals surface area (Å²) < 4.78 is 5.47. The van der Waals surface area contributed by atoms with Crippen LogP contribution in [0.25, 0.3) is 11.1 Å². The number of benzene rings is 2. The number of carboxylic acids is 1. The Morgan fingerprint density at radius 2 is 1.74 bits per heavy atom. The maximum atomic E-state index is 12.7. The Kier molecular flexibility index (Phi) is 5.50. The molecule has 1 saturated heterocycles. The number of carbonyl (C=O) groups excluding carboxylic acids is 2. The number of fused-ring (bicyclic) bond motifs is 3. The Hall–Kier alpha value is -4.18. The zero-order valence-electron chi connectivity index (χ0n) is 18.0. The summed E-state index contributed by atoms with van der Waals surface area (Å²) in [4.78, 5) is 37.5. The molecule has 1 aliphatic carbocycles. The monoisotopic (exact) mass is 462 g/mol. The molecule has 2 unspecified atom stereocenters. The third-order valence-electron chi connectivity index (χ3n) is 6.21.